The minimum absolute atomic E-state index is 0.208. The lowest BCUT2D eigenvalue weighted by Crippen LogP contribution is -2.22. The first-order valence-corrected chi connectivity index (χ1v) is 5.58. The van der Waals surface area contributed by atoms with Crippen LogP contribution in [0.2, 0.25) is 0 Å². The molecule has 0 aliphatic rings. The van der Waals surface area contributed by atoms with E-state index >= 15 is 0 Å². The van der Waals surface area contributed by atoms with Crippen molar-refractivity contribution in [1.82, 2.24) is 0 Å². The molecule has 0 radical (unpaired) electrons. The van der Waals surface area contributed by atoms with Crippen molar-refractivity contribution < 1.29 is 9.53 Å². The molecule has 4 nitrogen and oxygen atoms in total. The molecule has 1 aromatic carbocycles. The fraction of sp³-hybridized carbons (Fsp3) is 0.385. The molecule has 1 atom stereocenters. The molecule has 0 aliphatic carbocycles. The summed E-state index contributed by atoms with van der Waals surface area (Å²) in [7, 11) is 0. The summed E-state index contributed by atoms with van der Waals surface area (Å²) < 4.78 is 4.91. The number of carbonyl (C=O) groups is 1. The van der Waals surface area contributed by atoms with Gasteiger partial charge in [0.15, 0.2) is 0 Å². The van der Waals surface area contributed by atoms with E-state index in [0.29, 0.717) is 18.7 Å². The molecular weight excluding hydrogens is 216 g/mol. The number of nitrogens with one attached hydrogen (secondary N) is 1. The van der Waals surface area contributed by atoms with Crippen LogP contribution in [-0.2, 0) is 9.53 Å². The second-order valence-corrected chi connectivity index (χ2v) is 3.73. The summed E-state index contributed by atoms with van der Waals surface area (Å²) in [6, 6.07) is 9.21. The number of hydrogen-bond donors (Lipinski definition) is 1. The molecular formula is C13H16N2O2. The largest absolute Gasteiger partial charge is 0.466 e. The highest BCUT2D eigenvalue weighted by molar-refractivity contribution is 5.72. The van der Waals surface area contributed by atoms with Gasteiger partial charge in [-0.05, 0) is 25.1 Å². The fourth-order valence-electron chi connectivity index (χ4n) is 1.34. The molecule has 1 rings (SSSR count). The van der Waals surface area contributed by atoms with Crippen molar-refractivity contribution in [1.29, 1.82) is 5.26 Å². The maximum absolute atomic E-state index is 11.4. The number of benzene rings is 1. The molecule has 0 bridgehead atoms. The van der Waals surface area contributed by atoms with Crippen LogP contribution in [0.25, 0.3) is 0 Å². The third-order valence-electron chi connectivity index (χ3n) is 2.29. The lowest BCUT2D eigenvalue weighted by Gasteiger charge is -2.12. The molecule has 1 aromatic rings. The second-order valence-electron chi connectivity index (χ2n) is 3.73. The van der Waals surface area contributed by atoms with Gasteiger partial charge in [0, 0.05) is 12.2 Å². The van der Waals surface area contributed by atoms with Gasteiger partial charge in [-0.25, -0.2) is 0 Å². The zero-order valence-corrected chi connectivity index (χ0v) is 10.1. The van der Waals surface area contributed by atoms with E-state index in [2.05, 4.69) is 11.4 Å². The van der Waals surface area contributed by atoms with Crippen molar-refractivity contribution in [2.24, 2.45) is 5.92 Å². The van der Waals surface area contributed by atoms with Crippen LogP contribution in [-0.4, -0.2) is 19.1 Å². The average molecular weight is 232 g/mol. The topological polar surface area (TPSA) is 62.1 Å². The lowest BCUT2D eigenvalue weighted by molar-refractivity contribution is -0.146. The Morgan fingerprint density at radius 2 is 2.35 bits per heavy atom. The van der Waals surface area contributed by atoms with E-state index in [1.807, 2.05) is 6.07 Å². The summed E-state index contributed by atoms with van der Waals surface area (Å²) in [5.74, 6) is -0.419. The Labute approximate surface area is 101 Å². The average Bonchev–Trinajstić information content (AvgIpc) is 2.36. The van der Waals surface area contributed by atoms with Gasteiger partial charge in [0.25, 0.3) is 0 Å². The van der Waals surface area contributed by atoms with Gasteiger partial charge >= 0.3 is 5.97 Å². The molecule has 1 N–H and O–H groups in total. The van der Waals surface area contributed by atoms with Crippen LogP contribution in [0.3, 0.4) is 0 Å². The molecule has 0 fully saturated rings. The predicted octanol–water partition coefficient (Wildman–Crippen LogP) is 2.17. The maximum atomic E-state index is 11.4. The van der Waals surface area contributed by atoms with Crippen LogP contribution >= 0.6 is 0 Å². The minimum Gasteiger partial charge on any atom is -0.466 e. The Morgan fingerprint density at radius 1 is 1.59 bits per heavy atom. The quantitative estimate of drug-likeness (QED) is 0.790. The zero-order valence-electron chi connectivity index (χ0n) is 10.1. The minimum atomic E-state index is -0.212. The number of anilines is 1. The van der Waals surface area contributed by atoms with Gasteiger partial charge in [-0.1, -0.05) is 13.0 Å². The van der Waals surface area contributed by atoms with E-state index in [9.17, 15) is 4.79 Å². The van der Waals surface area contributed by atoms with Crippen LogP contribution in [0.1, 0.15) is 19.4 Å². The molecule has 4 heteroatoms. The Morgan fingerprint density at radius 3 is 3.00 bits per heavy atom. The van der Waals surface area contributed by atoms with Gasteiger partial charge in [0.05, 0.1) is 24.2 Å². The molecule has 17 heavy (non-hydrogen) atoms. The summed E-state index contributed by atoms with van der Waals surface area (Å²) in [5.41, 5.74) is 1.43. The molecule has 0 spiro atoms. The second kappa shape index (κ2) is 6.54. The Bertz CT molecular complexity index is 424. The lowest BCUT2D eigenvalue weighted by atomic mass is 10.1. The number of esters is 1. The van der Waals surface area contributed by atoms with Gasteiger partial charge in [0.1, 0.15) is 0 Å². The van der Waals surface area contributed by atoms with Crippen molar-refractivity contribution in [3.63, 3.8) is 0 Å². The van der Waals surface area contributed by atoms with Crippen molar-refractivity contribution >= 4 is 11.7 Å². The van der Waals surface area contributed by atoms with Crippen LogP contribution in [0.15, 0.2) is 24.3 Å². The first-order chi connectivity index (χ1) is 8.17. The van der Waals surface area contributed by atoms with Gasteiger partial charge in [-0.2, -0.15) is 5.26 Å². The monoisotopic (exact) mass is 232 g/mol. The van der Waals surface area contributed by atoms with E-state index in [1.165, 1.54) is 0 Å². The summed E-state index contributed by atoms with van der Waals surface area (Å²) in [6.07, 6.45) is 0. The summed E-state index contributed by atoms with van der Waals surface area (Å²) in [4.78, 5) is 11.4. The molecule has 0 heterocycles. The van der Waals surface area contributed by atoms with Gasteiger partial charge in [-0.15, -0.1) is 0 Å². The van der Waals surface area contributed by atoms with Crippen LogP contribution in [0.5, 0.6) is 0 Å². The zero-order chi connectivity index (χ0) is 12.7. The molecule has 1 unspecified atom stereocenters. The third kappa shape index (κ3) is 4.15. The van der Waals surface area contributed by atoms with Crippen molar-refractivity contribution in [3.8, 4) is 6.07 Å². The van der Waals surface area contributed by atoms with E-state index in [-0.39, 0.29) is 11.9 Å². The standard InChI is InChI=1S/C13H16N2O2/c1-3-17-13(16)10(2)9-15-12-6-4-5-11(7-12)8-14/h4-7,10,15H,3,9H2,1-2H3. The molecule has 90 valence electrons. The molecule has 0 aliphatic heterocycles. The Kier molecular flexibility index (Phi) is 5.02. The van der Waals surface area contributed by atoms with Crippen LogP contribution in [0.4, 0.5) is 5.69 Å². The SMILES string of the molecule is CCOC(=O)C(C)CNc1cccc(C#N)c1. The number of rotatable bonds is 5. The summed E-state index contributed by atoms with van der Waals surface area (Å²) >= 11 is 0. The highest BCUT2D eigenvalue weighted by Crippen LogP contribution is 2.10. The van der Waals surface area contributed by atoms with Crippen LogP contribution < -0.4 is 5.32 Å². The van der Waals surface area contributed by atoms with Crippen molar-refractivity contribution in [3.05, 3.63) is 29.8 Å². The highest BCUT2D eigenvalue weighted by Gasteiger charge is 2.13. The number of carbonyl (C=O) groups excluding carboxylic acids is 1. The molecule has 0 saturated heterocycles. The van der Waals surface area contributed by atoms with Gasteiger partial charge in [-0.3, -0.25) is 4.79 Å². The predicted molar refractivity (Wildman–Crippen MR) is 65.4 cm³/mol. The number of nitriles is 1. The van der Waals surface area contributed by atoms with E-state index in [1.54, 1.807) is 32.0 Å². The summed E-state index contributed by atoms with van der Waals surface area (Å²) in [6.45, 7) is 4.48. The van der Waals surface area contributed by atoms with Crippen molar-refractivity contribution in [2.45, 2.75) is 13.8 Å². The van der Waals surface area contributed by atoms with Crippen molar-refractivity contribution in [2.75, 3.05) is 18.5 Å². The smallest absolute Gasteiger partial charge is 0.310 e. The van der Waals surface area contributed by atoms with Crippen LogP contribution in [0, 0.1) is 17.2 Å². The van der Waals surface area contributed by atoms with E-state index in [4.69, 9.17) is 10.00 Å². The Balaban J connectivity index is 2.50. The molecule has 0 saturated carbocycles. The number of ether oxygens (including phenoxy) is 1. The molecule has 0 amide bonds. The Hall–Kier alpha value is -2.02. The normalized spacial score (nSPS) is 11.4. The van der Waals surface area contributed by atoms with E-state index in [0.717, 1.165) is 5.69 Å². The van der Waals surface area contributed by atoms with E-state index < -0.39 is 0 Å². The van der Waals surface area contributed by atoms with Gasteiger partial charge < -0.3 is 10.1 Å². The van der Waals surface area contributed by atoms with Gasteiger partial charge in [0.2, 0.25) is 0 Å². The summed E-state index contributed by atoms with van der Waals surface area (Å²) in [5, 5.41) is 11.9. The number of hydrogen-bond acceptors (Lipinski definition) is 4. The first kappa shape index (κ1) is 13.0. The molecule has 0 aromatic heterocycles. The first-order valence-electron chi connectivity index (χ1n) is 5.58. The maximum Gasteiger partial charge on any atom is 0.310 e. The third-order valence-corrected chi connectivity index (χ3v) is 2.29. The highest BCUT2D eigenvalue weighted by atomic mass is 16.5. The number of nitrogens with zero attached hydrogens (tertiary/aromatic N) is 1. The fourth-order valence-corrected chi connectivity index (χ4v) is 1.34.